The van der Waals surface area contributed by atoms with Gasteiger partial charge in [0, 0.05) is 49.4 Å². The summed E-state index contributed by atoms with van der Waals surface area (Å²) in [5, 5.41) is 9.35. The highest BCUT2D eigenvalue weighted by atomic mass is 32.2. The monoisotopic (exact) mass is 557 g/mol. The van der Waals surface area contributed by atoms with Crippen LogP contribution in [0.3, 0.4) is 0 Å². The van der Waals surface area contributed by atoms with Crippen LogP contribution in [0.25, 0.3) is 6.08 Å². The lowest BCUT2D eigenvalue weighted by Crippen LogP contribution is -2.41. The Morgan fingerprint density at radius 2 is 1.60 bits per heavy atom. The average molecular weight is 558 g/mol. The van der Waals surface area contributed by atoms with Crippen molar-refractivity contribution < 1.29 is 9.59 Å². The molecule has 1 saturated heterocycles. The quantitative estimate of drug-likeness (QED) is 0.187. The minimum absolute atomic E-state index is 0.102. The van der Waals surface area contributed by atoms with Crippen LogP contribution in [0.4, 0.5) is 17.1 Å². The van der Waals surface area contributed by atoms with Gasteiger partial charge in [0.15, 0.2) is 0 Å². The highest BCUT2D eigenvalue weighted by Gasteiger charge is 2.21. The molecule has 210 valence electrons. The number of amides is 2. The number of nitrogens with two attached hydrogens (primary N) is 1. The summed E-state index contributed by atoms with van der Waals surface area (Å²) in [4.78, 5) is 28.2. The Labute approximate surface area is 241 Å². The number of nitrogens with one attached hydrogen (secondary N) is 3. The van der Waals surface area contributed by atoms with Gasteiger partial charge in [-0.3, -0.25) is 9.59 Å². The first-order valence-corrected chi connectivity index (χ1v) is 14.9. The number of carbonyl (C=O) groups is 2. The molecule has 0 spiro atoms. The predicted molar refractivity (Wildman–Crippen MR) is 169 cm³/mol. The molecule has 3 aromatic rings. The molecule has 0 radical (unpaired) electrons. The number of anilines is 3. The second-order valence-electron chi connectivity index (χ2n) is 10.2. The van der Waals surface area contributed by atoms with Crippen molar-refractivity contribution in [3.05, 3.63) is 95.6 Å². The molecule has 4 rings (SSSR count). The Bertz CT molecular complexity index is 1290. The third-order valence-electron chi connectivity index (χ3n) is 6.90. The van der Waals surface area contributed by atoms with Crippen LogP contribution in [0, 0.1) is 0 Å². The number of hydrogen-bond donors (Lipinski definition) is 4. The van der Waals surface area contributed by atoms with Crippen LogP contribution >= 0.6 is 11.8 Å². The topological polar surface area (TPSA) is 99.5 Å². The molecule has 7 nitrogen and oxygen atoms in total. The molecule has 3 aromatic carbocycles. The number of para-hydroxylation sites is 2. The van der Waals surface area contributed by atoms with Crippen molar-refractivity contribution in [2.75, 3.05) is 54.1 Å². The fourth-order valence-electron chi connectivity index (χ4n) is 4.48. The van der Waals surface area contributed by atoms with Crippen molar-refractivity contribution in [2.24, 2.45) is 0 Å². The molecular weight excluding hydrogens is 518 g/mol. The fraction of sp³-hybridized carbons (Fsp3) is 0.312. The zero-order chi connectivity index (χ0) is 28.3. The summed E-state index contributed by atoms with van der Waals surface area (Å²) in [5.41, 5.74) is 10.7. The lowest BCUT2D eigenvalue weighted by molar-refractivity contribution is -0.118. The van der Waals surface area contributed by atoms with Gasteiger partial charge in [0.25, 0.3) is 0 Å². The van der Waals surface area contributed by atoms with Gasteiger partial charge >= 0.3 is 0 Å². The lowest BCUT2D eigenvalue weighted by Gasteiger charge is -2.27. The predicted octanol–water partition coefficient (Wildman–Crippen LogP) is 5.36. The molecule has 2 amide bonds. The number of hydrogen-bond acceptors (Lipinski definition) is 6. The van der Waals surface area contributed by atoms with Crippen molar-refractivity contribution in [3.63, 3.8) is 0 Å². The number of benzene rings is 3. The van der Waals surface area contributed by atoms with Gasteiger partial charge in [-0.15, -0.1) is 0 Å². The standard InChI is InChI=1S/C32H39N5O2S/c1-23(2)25-12-14-27(15-13-25)35-32(39)31(34-17-18-37-19-21-40-22-20-37)26-10-7-24(8-11-26)9-16-30(38)36-29-6-4-3-5-28(29)33/h3-16,23,31,34H,17-22,33H2,1-2H3,(H,35,39)(H,36,38)/b16-9+. The number of thioether (sulfide) groups is 1. The van der Waals surface area contributed by atoms with Crippen LogP contribution in [0.2, 0.25) is 0 Å². The Morgan fingerprint density at radius 1 is 0.925 bits per heavy atom. The first kappa shape index (κ1) is 29.4. The SMILES string of the molecule is CC(C)c1ccc(NC(=O)C(NCCN2CCSCC2)c2ccc(/C=C/C(=O)Nc3ccccc3N)cc2)cc1. The number of nitrogen functional groups attached to an aromatic ring is 1. The third-order valence-corrected chi connectivity index (χ3v) is 7.85. The van der Waals surface area contributed by atoms with E-state index in [0.29, 0.717) is 23.8 Å². The molecular formula is C32H39N5O2S. The lowest BCUT2D eigenvalue weighted by atomic mass is 10.0. The molecule has 0 saturated carbocycles. The maximum absolute atomic E-state index is 13.4. The van der Waals surface area contributed by atoms with Crippen molar-refractivity contribution in [1.82, 2.24) is 10.2 Å². The van der Waals surface area contributed by atoms with E-state index in [-0.39, 0.29) is 11.8 Å². The van der Waals surface area contributed by atoms with Gasteiger partial charge in [-0.05, 0) is 52.9 Å². The van der Waals surface area contributed by atoms with Crippen molar-refractivity contribution >= 4 is 46.7 Å². The normalized spacial score (nSPS) is 14.8. The Morgan fingerprint density at radius 3 is 2.27 bits per heavy atom. The molecule has 1 fully saturated rings. The van der Waals surface area contributed by atoms with Crippen LogP contribution in [-0.4, -0.2) is 54.4 Å². The van der Waals surface area contributed by atoms with Crippen molar-refractivity contribution in [1.29, 1.82) is 0 Å². The van der Waals surface area contributed by atoms with Crippen LogP contribution in [0.5, 0.6) is 0 Å². The van der Waals surface area contributed by atoms with E-state index >= 15 is 0 Å². The van der Waals surface area contributed by atoms with Crippen molar-refractivity contribution in [3.8, 4) is 0 Å². The molecule has 1 heterocycles. The second-order valence-corrected chi connectivity index (χ2v) is 11.4. The highest BCUT2D eigenvalue weighted by molar-refractivity contribution is 7.99. The fourth-order valence-corrected chi connectivity index (χ4v) is 5.45. The van der Waals surface area contributed by atoms with E-state index in [4.69, 9.17) is 5.73 Å². The largest absolute Gasteiger partial charge is 0.397 e. The number of nitrogens with zero attached hydrogens (tertiary/aromatic N) is 1. The van der Waals surface area contributed by atoms with Crippen LogP contribution < -0.4 is 21.7 Å². The number of rotatable bonds is 11. The Hall–Kier alpha value is -3.59. The summed E-state index contributed by atoms with van der Waals surface area (Å²) in [6.45, 7) is 8.07. The number of carbonyl (C=O) groups excluding carboxylic acids is 2. The summed E-state index contributed by atoms with van der Waals surface area (Å²) in [5.74, 6) is 2.38. The van der Waals surface area contributed by atoms with Gasteiger partial charge in [0.05, 0.1) is 11.4 Å². The van der Waals surface area contributed by atoms with Gasteiger partial charge in [-0.1, -0.05) is 62.4 Å². The summed E-state index contributed by atoms with van der Waals surface area (Å²) in [6, 6.07) is 22.4. The minimum atomic E-state index is -0.508. The Balaban J connectivity index is 1.42. The zero-order valence-corrected chi connectivity index (χ0v) is 24.0. The van der Waals surface area contributed by atoms with E-state index in [1.54, 1.807) is 18.2 Å². The van der Waals surface area contributed by atoms with Crippen molar-refractivity contribution in [2.45, 2.75) is 25.8 Å². The van der Waals surface area contributed by atoms with Crippen LogP contribution in [-0.2, 0) is 9.59 Å². The van der Waals surface area contributed by atoms with Gasteiger partial charge in [0.1, 0.15) is 6.04 Å². The maximum Gasteiger partial charge on any atom is 0.248 e. The molecule has 0 bridgehead atoms. The first-order chi connectivity index (χ1) is 19.4. The molecule has 0 aromatic heterocycles. The summed E-state index contributed by atoms with van der Waals surface area (Å²) < 4.78 is 0. The van der Waals surface area contributed by atoms with E-state index in [9.17, 15) is 9.59 Å². The average Bonchev–Trinajstić information content (AvgIpc) is 2.96. The third kappa shape index (κ3) is 8.71. The minimum Gasteiger partial charge on any atom is -0.397 e. The molecule has 1 aliphatic rings. The second kappa shape index (κ2) is 14.7. The first-order valence-electron chi connectivity index (χ1n) is 13.8. The molecule has 40 heavy (non-hydrogen) atoms. The molecule has 1 atom stereocenters. The Kier molecular flexibility index (Phi) is 10.8. The van der Waals surface area contributed by atoms with Gasteiger partial charge in [-0.2, -0.15) is 11.8 Å². The maximum atomic E-state index is 13.4. The molecule has 0 aliphatic carbocycles. The highest BCUT2D eigenvalue weighted by Crippen LogP contribution is 2.21. The summed E-state index contributed by atoms with van der Waals surface area (Å²) in [6.07, 6.45) is 3.22. The molecule has 1 unspecified atom stereocenters. The van der Waals surface area contributed by atoms with E-state index < -0.39 is 6.04 Å². The van der Waals surface area contributed by atoms with E-state index in [2.05, 4.69) is 46.8 Å². The van der Waals surface area contributed by atoms with Gasteiger partial charge in [0.2, 0.25) is 11.8 Å². The molecule has 8 heteroatoms. The molecule has 1 aliphatic heterocycles. The van der Waals surface area contributed by atoms with Gasteiger partial charge < -0.3 is 26.6 Å². The van der Waals surface area contributed by atoms with E-state index in [1.165, 1.54) is 11.6 Å². The zero-order valence-electron chi connectivity index (χ0n) is 23.2. The smallest absolute Gasteiger partial charge is 0.248 e. The van der Waals surface area contributed by atoms with Crippen LogP contribution in [0.1, 0.15) is 42.5 Å². The summed E-state index contributed by atoms with van der Waals surface area (Å²) in [7, 11) is 0. The van der Waals surface area contributed by atoms with E-state index in [0.717, 1.165) is 48.0 Å². The van der Waals surface area contributed by atoms with E-state index in [1.807, 2.05) is 60.3 Å². The van der Waals surface area contributed by atoms with Gasteiger partial charge in [-0.25, -0.2) is 0 Å². The molecule has 5 N–H and O–H groups in total. The van der Waals surface area contributed by atoms with Crippen LogP contribution in [0.15, 0.2) is 78.9 Å². The summed E-state index contributed by atoms with van der Waals surface area (Å²) >= 11 is 1.99.